The van der Waals surface area contributed by atoms with Gasteiger partial charge in [0.15, 0.2) is 0 Å². The highest BCUT2D eigenvalue weighted by atomic mass is 32.2. The van der Waals surface area contributed by atoms with Crippen LogP contribution in [0.3, 0.4) is 0 Å². The number of rotatable bonds is 9. The Morgan fingerprint density at radius 1 is 1.14 bits per heavy atom. The first-order valence-electron chi connectivity index (χ1n) is 6.84. The van der Waals surface area contributed by atoms with E-state index in [1.807, 2.05) is 20.1 Å². The highest BCUT2D eigenvalue weighted by molar-refractivity contribution is 7.98. The topological polar surface area (TPSA) is 108 Å². The minimum atomic E-state index is -1.09. The zero-order valence-corrected chi connectivity index (χ0v) is 13.8. The predicted octanol–water partition coefficient (Wildman–Crippen LogP) is 0.653. The minimum Gasteiger partial charge on any atom is -0.480 e. The van der Waals surface area contributed by atoms with Crippen molar-refractivity contribution in [3.63, 3.8) is 0 Å². The monoisotopic (exact) mass is 319 g/mol. The number of nitrogens with one attached hydrogen (secondary N) is 3. The second-order valence-corrected chi connectivity index (χ2v) is 6.14. The maximum Gasteiger partial charge on any atom is 0.326 e. The normalized spacial score (nSPS) is 13.4. The molecule has 0 aromatic rings. The van der Waals surface area contributed by atoms with Gasteiger partial charge in [-0.15, -0.1) is 0 Å². The van der Waals surface area contributed by atoms with Crippen molar-refractivity contribution < 1.29 is 19.5 Å². The molecule has 122 valence electrons. The van der Waals surface area contributed by atoms with Gasteiger partial charge in [0, 0.05) is 6.54 Å². The summed E-state index contributed by atoms with van der Waals surface area (Å²) in [5.74, 6) is -0.439. The lowest BCUT2D eigenvalue weighted by Crippen LogP contribution is -2.52. The fraction of sp³-hybridized carbons (Fsp3) is 0.769. The third-order valence-corrected chi connectivity index (χ3v) is 3.28. The van der Waals surface area contributed by atoms with Crippen molar-refractivity contribution >= 4 is 29.7 Å². The number of carboxylic acids is 1. The molecule has 7 nitrogen and oxygen atoms in total. The Bertz CT molecular complexity index is 363. The van der Waals surface area contributed by atoms with Crippen molar-refractivity contribution in [3.8, 4) is 0 Å². The van der Waals surface area contributed by atoms with Crippen LogP contribution in [0, 0.1) is 5.92 Å². The Morgan fingerprint density at radius 2 is 1.76 bits per heavy atom. The molecule has 8 heteroatoms. The highest BCUT2D eigenvalue weighted by Gasteiger charge is 2.21. The average molecular weight is 319 g/mol. The Labute approximate surface area is 129 Å². The summed E-state index contributed by atoms with van der Waals surface area (Å²) in [5.41, 5.74) is 0. The molecule has 1 unspecified atom stereocenters. The van der Waals surface area contributed by atoms with Crippen LogP contribution >= 0.6 is 11.8 Å². The van der Waals surface area contributed by atoms with Crippen molar-refractivity contribution in [1.29, 1.82) is 0 Å². The van der Waals surface area contributed by atoms with E-state index < -0.39 is 24.1 Å². The van der Waals surface area contributed by atoms with E-state index in [2.05, 4.69) is 16.0 Å². The number of aliphatic carboxylic acids is 1. The van der Waals surface area contributed by atoms with Gasteiger partial charge in [-0.2, -0.15) is 11.8 Å². The number of carbonyl (C=O) groups excluding carboxylic acids is 2. The first-order chi connectivity index (χ1) is 9.77. The zero-order chi connectivity index (χ0) is 16.4. The highest BCUT2D eigenvalue weighted by Crippen LogP contribution is 2.01. The molecule has 0 rings (SSSR count). The summed E-state index contributed by atoms with van der Waals surface area (Å²) >= 11 is 1.50. The number of hydrogen-bond donors (Lipinski definition) is 4. The summed E-state index contributed by atoms with van der Waals surface area (Å²) in [7, 11) is 0. The van der Waals surface area contributed by atoms with Crippen LogP contribution < -0.4 is 16.0 Å². The fourth-order valence-corrected chi connectivity index (χ4v) is 1.88. The Morgan fingerprint density at radius 3 is 2.24 bits per heavy atom. The van der Waals surface area contributed by atoms with Gasteiger partial charge in [-0.1, -0.05) is 13.8 Å². The molecule has 0 heterocycles. The van der Waals surface area contributed by atoms with Crippen LogP contribution in [0.5, 0.6) is 0 Å². The molecule has 0 saturated heterocycles. The van der Waals surface area contributed by atoms with Crippen LogP contribution in [0.25, 0.3) is 0 Å². The summed E-state index contributed by atoms with van der Waals surface area (Å²) in [4.78, 5) is 34.4. The molecule has 3 amide bonds. The predicted molar refractivity (Wildman–Crippen MR) is 83.4 cm³/mol. The molecule has 21 heavy (non-hydrogen) atoms. The largest absolute Gasteiger partial charge is 0.480 e. The zero-order valence-electron chi connectivity index (χ0n) is 12.9. The van der Waals surface area contributed by atoms with Gasteiger partial charge in [0.2, 0.25) is 5.91 Å². The van der Waals surface area contributed by atoms with Crippen LogP contribution in [0.1, 0.15) is 27.2 Å². The van der Waals surface area contributed by atoms with Crippen molar-refractivity contribution in [1.82, 2.24) is 16.0 Å². The van der Waals surface area contributed by atoms with Gasteiger partial charge in [0.25, 0.3) is 0 Å². The lowest BCUT2D eigenvalue weighted by molar-refractivity contribution is -0.139. The fourth-order valence-electron chi connectivity index (χ4n) is 1.41. The first kappa shape index (κ1) is 19.6. The van der Waals surface area contributed by atoms with E-state index in [0.29, 0.717) is 24.6 Å². The van der Waals surface area contributed by atoms with Crippen LogP contribution in [0.2, 0.25) is 0 Å². The Hall–Kier alpha value is -1.44. The molecule has 0 radical (unpaired) electrons. The third-order valence-electron chi connectivity index (χ3n) is 2.64. The number of amides is 3. The first-order valence-corrected chi connectivity index (χ1v) is 8.23. The van der Waals surface area contributed by atoms with Gasteiger partial charge < -0.3 is 21.1 Å². The Kier molecular flexibility index (Phi) is 9.60. The van der Waals surface area contributed by atoms with Gasteiger partial charge in [0.05, 0.1) is 0 Å². The van der Waals surface area contributed by atoms with Gasteiger partial charge in [-0.05, 0) is 31.3 Å². The lowest BCUT2D eigenvalue weighted by atomic mass is 10.2. The third kappa shape index (κ3) is 9.17. The molecule has 0 fully saturated rings. The summed E-state index contributed by atoms with van der Waals surface area (Å²) in [6.07, 6.45) is 2.19. The summed E-state index contributed by atoms with van der Waals surface area (Å²) in [6, 6.07) is -2.34. The van der Waals surface area contributed by atoms with Crippen LogP contribution in [-0.2, 0) is 9.59 Å². The maximum absolute atomic E-state index is 11.7. The second-order valence-electron chi connectivity index (χ2n) is 5.15. The van der Waals surface area contributed by atoms with E-state index in [1.54, 1.807) is 6.92 Å². The SMILES string of the molecule is CSCC[C@@H](NC(=O)NC(C)C(=O)NCC(C)C)C(=O)O. The molecule has 0 saturated carbocycles. The van der Waals surface area contributed by atoms with Gasteiger partial charge in [-0.25, -0.2) is 9.59 Å². The number of hydrogen-bond acceptors (Lipinski definition) is 4. The molecule has 0 bridgehead atoms. The van der Waals surface area contributed by atoms with E-state index in [9.17, 15) is 14.4 Å². The molecule has 0 aliphatic heterocycles. The standard InChI is InChI=1S/C13H25N3O4S/c1-8(2)7-14-11(17)9(3)15-13(20)16-10(12(18)19)5-6-21-4/h8-10H,5-7H2,1-4H3,(H,14,17)(H,18,19)(H2,15,16,20)/t9?,10-/m1/s1. The van der Waals surface area contributed by atoms with E-state index in [-0.39, 0.29) is 5.91 Å². The van der Waals surface area contributed by atoms with Crippen LogP contribution in [-0.4, -0.2) is 53.7 Å². The van der Waals surface area contributed by atoms with Gasteiger partial charge >= 0.3 is 12.0 Å². The molecular weight excluding hydrogens is 294 g/mol. The van der Waals surface area contributed by atoms with Gasteiger partial charge in [0.1, 0.15) is 12.1 Å². The van der Waals surface area contributed by atoms with E-state index >= 15 is 0 Å². The number of urea groups is 1. The molecule has 2 atom stereocenters. The van der Waals surface area contributed by atoms with Crippen molar-refractivity contribution in [2.45, 2.75) is 39.3 Å². The Balaban J connectivity index is 4.26. The number of thioether (sulfide) groups is 1. The number of carbonyl (C=O) groups is 3. The van der Waals surface area contributed by atoms with E-state index in [0.717, 1.165) is 0 Å². The average Bonchev–Trinajstić information content (AvgIpc) is 2.40. The summed E-state index contributed by atoms with van der Waals surface area (Å²) in [5, 5.41) is 16.5. The van der Waals surface area contributed by atoms with Crippen molar-refractivity contribution in [3.05, 3.63) is 0 Å². The van der Waals surface area contributed by atoms with Crippen LogP contribution in [0.15, 0.2) is 0 Å². The molecule has 0 aromatic carbocycles. The number of carboxylic acid groups (broad SMARTS) is 1. The van der Waals surface area contributed by atoms with Crippen molar-refractivity contribution in [2.75, 3.05) is 18.6 Å². The minimum absolute atomic E-state index is 0.296. The quantitative estimate of drug-likeness (QED) is 0.499. The summed E-state index contributed by atoms with van der Waals surface area (Å²) < 4.78 is 0. The second kappa shape index (κ2) is 10.3. The van der Waals surface area contributed by atoms with Crippen LogP contribution in [0.4, 0.5) is 4.79 Å². The molecule has 4 N–H and O–H groups in total. The van der Waals surface area contributed by atoms with Crippen molar-refractivity contribution in [2.24, 2.45) is 5.92 Å². The molecule has 0 spiro atoms. The van der Waals surface area contributed by atoms with Gasteiger partial charge in [-0.3, -0.25) is 4.79 Å². The smallest absolute Gasteiger partial charge is 0.326 e. The van der Waals surface area contributed by atoms with E-state index in [4.69, 9.17) is 5.11 Å². The molecule has 0 aliphatic carbocycles. The molecular formula is C13H25N3O4S. The summed E-state index contributed by atoms with van der Waals surface area (Å²) in [6.45, 7) is 6.01. The lowest BCUT2D eigenvalue weighted by Gasteiger charge is -2.18. The molecule has 0 aliphatic rings. The molecule has 0 aromatic heterocycles. The maximum atomic E-state index is 11.7. The van der Waals surface area contributed by atoms with E-state index in [1.165, 1.54) is 11.8 Å².